The number of benzene rings is 2. The van der Waals surface area contributed by atoms with E-state index in [0.29, 0.717) is 24.7 Å². The van der Waals surface area contributed by atoms with Gasteiger partial charge in [-0.1, -0.05) is 11.2 Å². The number of hydrogen-bond donors (Lipinski definition) is 1. The zero-order valence-corrected chi connectivity index (χ0v) is 16.2. The largest absolute Gasteiger partial charge is 0.490 e. The molecule has 6 nitrogen and oxygen atoms in total. The van der Waals surface area contributed by atoms with Gasteiger partial charge in [0.15, 0.2) is 18.1 Å². The van der Waals surface area contributed by atoms with Gasteiger partial charge in [0.1, 0.15) is 0 Å². The Morgan fingerprint density at radius 2 is 1.74 bits per heavy atom. The monoisotopic (exact) mass is 370 g/mol. The molecule has 0 aromatic heterocycles. The van der Waals surface area contributed by atoms with E-state index in [1.165, 1.54) is 11.8 Å². The molecule has 0 aliphatic heterocycles. The number of carbonyl (C=O) groups excluding carboxylic acids is 1. The van der Waals surface area contributed by atoms with Gasteiger partial charge < -0.3 is 19.6 Å². The number of aryl methyl sites for hydroxylation is 2. The molecule has 0 saturated carbocycles. The van der Waals surface area contributed by atoms with E-state index in [1.54, 1.807) is 0 Å². The van der Waals surface area contributed by atoms with Crippen molar-refractivity contribution in [3.05, 3.63) is 53.1 Å². The lowest BCUT2D eigenvalue weighted by molar-refractivity contribution is -0.120. The van der Waals surface area contributed by atoms with Gasteiger partial charge in [-0.15, -0.1) is 0 Å². The van der Waals surface area contributed by atoms with Gasteiger partial charge in [-0.05, 0) is 69.2 Å². The topological polar surface area (TPSA) is 69.2 Å². The van der Waals surface area contributed by atoms with Crippen molar-refractivity contribution < 1.29 is 19.1 Å². The molecule has 0 spiro atoms. The summed E-state index contributed by atoms with van der Waals surface area (Å²) in [5.41, 5.74) is 3.82. The molecule has 0 atom stereocenters. The van der Waals surface area contributed by atoms with Gasteiger partial charge in [0.2, 0.25) is 0 Å². The highest BCUT2D eigenvalue weighted by Gasteiger charge is 2.06. The molecular formula is C21H26N2O4. The number of carbonyl (C=O) groups is 1. The quantitative estimate of drug-likeness (QED) is 0.533. The van der Waals surface area contributed by atoms with E-state index in [1.807, 2.05) is 64.1 Å². The molecule has 0 fully saturated rings. The van der Waals surface area contributed by atoms with Crippen molar-refractivity contribution in [2.24, 2.45) is 5.16 Å². The lowest BCUT2D eigenvalue weighted by Crippen LogP contribution is -2.17. The molecule has 27 heavy (non-hydrogen) atoms. The molecular weight excluding hydrogens is 344 g/mol. The summed E-state index contributed by atoms with van der Waals surface area (Å²) in [6, 6.07) is 11.2. The summed E-state index contributed by atoms with van der Waals surface area (Å²) in [6.07, 6.45) is 1.53. The third-order valence-corrected chi connectivity index (χ3v) is 3.83. The highest BCUT2D eigenvalue weighted by Crippen LogP contribution is 2.28. The number of nitrogens with zero attached hydrogens (tertiary/aromatic N) is 1. The minimum absolute atomic E-state index is 0.168. The van der Waals surface area contributed by atoms with Crippen molar-refractivity contribution in [2.45, 2.75) is 27.7 Å². The molecule has 1 N–H and O–H groups in total. The zero-order valence-electron chi connectivity index (χ0n) is 16.2. The summed E-state index contributed by atoms with van der Waals surface area (Å²) < 4.78 is 11.1. The van der Waals surface area contributed by atoms with Crippen LogP contribution in [0.4, 0.5) is 5.69 Å². The lowest BCUT2D eigenvalue weighted by Gasteiger charge is -2.11. The number of oxime groups is 1. The minimum atomic E-state index is -0.267. The van der Waals surface area contributed by atoms with Gasteiger partial charge in [0.05, 0.1) is 19.4 Å². The van der Waals surface area contributed by atoms with Gasteiger partial charge >= 0.3 is 0 Å². The molecule has 0 bridgehead atoms. The molecule has 2 rings (SSSR count). The highest BCUT2D eigenvalue weighted by molar-refractivity contribution is 5.91. The van der Waals surface area contributed by atoms with Crippen LogP contribution in [0, 0.1) is 13.8 Å². The van der Waals surface area contributed by atoms with Crippen LogP contribution in [-0.4, -0.2) is 31.9 Å². The maximum atomic E-state index is 11.9. The van der Waals surface area contributed by atoms with Crippen LogP contribution < -0.4 is 14.8 Å². The van der Waals surface area contributed by atoms with Crippen molar-refractivity contribution in [3.8, 4) is 11.5 Å². The van der Waals surface area contributed by atoms with Gasteiger partial charge in [0, 0.05) is 11.3 Å². The van der Waals surface area contributed by atoms with Crippen LogP contribution in [0.3, 0.4) is 0 Å². The van der Waals surface area contributed by atoms with Gasteiger partial charge in [-0.2, -0.15) is 0 Å². The number of nitrogens with one attached hydrogen (secondary N) is 1. The summed E-state index contributed by atoms with van der Waals surface area (Å²) in [6.45, 7) is 8.78. The van der Waals surface area contributed by atoms with E-state index in [0.717, 1.165) is 16.8 Å². The molecule has 1 amide bonds. The van der Waals surface area contributed by atoms with Crippen molar-refractivity contribution >= 4 is 17.8 Å². The fourth-order valence-electron chi connectivity index (χ4n) is 2.36. The molecule has 144 valence electrons. The Morgan fingerprint density at radius 3 is 2.44 bits per heavy atom. The maximum absolute atomic E-state index is 11.9. The fraction of sp³-hybridized carbons (Fsp3) is 0.333. The number of anilines is 1. The van der Waals surface area contributed by atoms with Crippen LogP contribution >= 0.6 is 0 Å². The van der Waals surface area contributed by atoms with Crippen LogP contribution in [0.25, 0.3) is 0 Å². The summed E-state index contributed by atoms with van der Waals surface area (Å²) >= 11 is 0. The molecule has 0 saturated heterocycles. The van der Waals surface area contributed by atoms with E-state index in [4.69, 9.17) is 14.3 Å². The molecule has 0 aliphatic rings. The summed E-state index contributed by atoms with van der Waals surface area (Å²) in [4.78, 5) is 17.0. The number of ether oxygens (including phenoxy) is 2. The van der Waals surface area contributed by atoms with Crippen molar-refractivity contribution in [1.29, 1.82) is 0 Å². The Labute approximate surface area is 160 Å². The summed E-state index contributed by atoms with van der Waals surface area (Å²) in [5, 5.41) is 6.63. The van der Waals surface area contributed by atoms with Crippen LogP contribution in [0.2, 0.25) is 0 Å². The van der Waals surface area contributed by atoms with Crippen LogP contribution in [-0.2, 0) is 9.63 Å². The Morgan fingerprint density at radius 1 is 1.00 bits per heavy atom. The van der Waals surface area contributed by atoms with E-state index in [2.05, 4.69) is 10.5 Å². The standard InChI is InChI=1S/C21H26N2O4/c1-5-25-19-10-8-17(12-20(19)26-6-2)13-22-27-14-21(24)23-18-9-7-15(3)16(4)11-18/h7-13H,5-6,14H2,1-4H3,(H,23,24)/b22-13+. The molecule has 0 unspecified atom stereocenters. The molecule has 2 aromatic rings. The maximum Gasteiger partial charge on any atom is 0.265 e. The van der Waals surface area contributed by atoms with Crippen LogP contribution in [0.15, 0.2) is 41.6 Å². The third-order valence-electron chi connectivity index (χ3n) is 3.83. The second kappa shape index (κ2) is 10.2. The fourth-order valence-corrected chi connectivity index (χ4v) is 2.36. The van der Waals surface area contributed by atoms with E-state index < -0.39 is 0 Å². The SMILES string of the molecule is CCOc1ccc(/C=N/OCC(=O)Nc2ccc(C)c(C)c2)cc1OCC. The Hall–Kier alpha value is -3.02. The molecule has 2 aromatic carbocycles. The average molecular weight is 370 g/mol. The van der Waals surface area contributed by atoms with Crippen molar-refractivity contribution in [2.75, 3.05) is 25.1 Å². The van der Waals surface area contributed by atoms with Gasteiger partial charge in [0.25, 0.3) is 5.91 Å². The van der Waals surface area contributed by atoms with Crippen LogP contribution in [0.1, 0.15) is 30.5 Å². The first-order valence-electron chi connectivity index (χ1n) is 8.95. The number of rotatable bonds is 9. The molecule has 0 aliphatic carbocycles. The van der Waals surface area contributed by atoms with Gasteiger partial charge in [-0.25, -0.2) is 0 Å². The second-order valence-corrected chi connectivity index (χ2v) is 5.93. The highest BCUT2D eigenvalue weighted by atomic mass is 16.6. The predicted octanol–water partition coefficient (Wildman–Crippen LogP) is 4.09. The van der Waals surface area contributed by atoms with E-state index >= 15 is 0 Å². The Kier molecular flexibility index (Phi) is 7.67. The molecule has 0 heterocycles. The Bertz CT molecular complexity index is 803. The lowest BCUT2D eigenvalue weighted by atomic mass is 10.1. The third kappa shape index (κ3) is 6.33. The van der Waals surface area contributed by atoms with Gasteiger partial charge in [-0.3, -0.25) is 4.79 Å². The number of hydrogen-bond acceptors (Lipinski definition) is 5. The minimum Gasteiger partial charge on any atom is -0.490 e. The summed E-state index contributed by atoms with van der Waals surface area (Å²) in [7, 11) is 0. The van der Waals surface area contributed by atoms with Crippen molar-refractivity contribution in [3.63, 3.8) is 0 Å². The predicted molar refractivity (Wildman–Crippen MR) is 107 cm³/mol. The molecule has 6 heteroatoms. The second-order valence-electron chi connectivity index (χ2n) is 5.93. The first-order chi connectivity index (χ1) is 13.0. The van der Waals surface area contributed by atoms with E-state index in [-0.39, 0.29) is 12.5 Å². The first kappa shape index (κ1) is 20.3. The number of amides is 1. The van der Waals surface area contributed by atoms with Crippen molar-refractivity contribution in [1.82, 2.24) is 0 Å². The van der Waals surface area contributed by atoms with Crippen LogP contribution in [0.5, 0.6) is 11.5 Å². The molecule has 0 radical (unpaired) electrons. The zero-order chi connectivity index (χ0) is 19.6. The Balaban J connectivity index is 1.88. The first-order valence-corrected chi connectivity index (χ1v) is 8.95. The average Bonchev–Trinajstić information content (AvgIpc) is 2.64. The van der Waals surface area contributed by atoms with E-state index in [9.17, 15) is 4.79 Å². The summed E-state index contributed by atoms with van der Waals surface area (Å²) in [5.74, 6) is 1.07. The smallest absolute Gasteiger partial charge is 0.265 e. The normalized spacial score (nSPS) is 10.7.